The summed E-state index contributed by atoms with van der Waals surface area (Å²) in [6.07, 6.45) is 3.38. The van der Waals surface area contributed by atoms with E-state index in [2.05, 4.69) is 9.38 Å². The minimum Gasteiger partial charge on any atom is -0.342 e. The summed E-state index contributed by atoms with van der Waals surface area (Å²) in [4.78, 5) is 4.31. The van der Waals surface area contributed by atoms with Crippen LogP contribution in [0.15, 0.2) is 64.0 Å². The molecule has 0 saturated heterocycles. The molecule has 0 atom stereocenters. The Morgan fingerprint density at radius 1 is 0.971 bits per heavy atom. The molecule has 0 bridgehead atoms. The highest BCUT2D eigenvalue weighted by molar-refractivity contribution is 7.90. The smallest absolute Gasteiger partial charge is 0.282 e. The molecule has 0 radical (unpaired) electrons. The van der Waals surface area contributed by atoms with Crippen LogP contribution < -0.4 is 5.36 Å². The molecule has 4 aromatic rings. The summed E-state index contributed by atoms with van der Waals surface area (Å²) in [5.41, 5.74) is 2.58. The zero-order valence-electron chi connectivity index (χ0n) is 19.0. The number of hydrogen-bond donors (Lipinski definition) is 0. The van der Waals surface area contributed by atoms with Crippen LogP contribution in [0.2, 0.25) is 0 Å². The van der Waals surface area contributed by atoms with E-state index >= 15 is 8.78 Å². The number of aromatic nitrogens is 2. The van der Waals surface area contributed by atoms with Crippen molar-refractivity contribution in [1.29, 1.82) is 0 Å². The topological polar surface area (TPSA) is 64.3 Å². The van der Waals surface area contributed by atoms with Crippen molar-refractivity contribution < 1.29 is 17.2 Å². The summed E-state index contributed by atoms with van der Waals surface area (Å²) in [6.45, 7) is 5.39. The first-order valence-corrected chi connectivity index (χ1v) is 12.4. The fourth-order valence-electron chi connectivity index (χ4n) is 4.24. The molecule has 1 fully saturated rings. The van der Waals surface area contributed by atoms with Crippen LogP contribution in [0.25, 0.3) is 22.0 Å². The van der Waals surface area contributed by atoms with E-state index in [0.29, 0.717) is 17.0 Å². The van der Waals surface area contributed by atoms with Gasteiger partial charge in [-0.3, -0.25) is 4.98 Å². The number of aryl methyl sites for hydroxylation is 3. The van der Waals surface area contributed by atoms with Crippen molar-refractivity contribution in [2.24, 2.45) is 4.40 Å². The molecule has 5 rings (SSSR count). The second kappa shape index (κ2) is 8.13. The van der Waals surface area contributed by atoms with Gasteiger partial charge in [0.1, 0.15) is 5.82 Å². The molecule has 0 spiro atoms. The number of halogens is 2. The number of sulfonamides is 1. The molecule has 1 aliphatic carbocycles. The van der Waals surface area contributed by atoms with Crippen molar-refractivity contribution >= 4 is 20.9 Å². The van der Waals surface area contributed by atoms with Gasteiger partial charge in [0.2, 0.25) is 0 Å². The van der Waals surface area contributed by atoms with Crippen LogP contribution >= 0.6 is 0 Å². The van der Waals surface area contributed by atoms with Gasteiger partial charge in [0, 0.05) is 29.0 Å². The van der Waals surface area contributed by atoms with Gasteiger partial charge in [0.05, 0.1) is 21.3 Å². The maximum Gasteiger partial charge on any atom is 0.282 e. The standard InChI is InChI=1S/C26H23F2N3O2S/c1-15-4-8-20(9-5-15)34(32,33)30-23-10-11-31(19-6-7-19)26-21(23)14-22(27)24(25(26)28)18-12-16(2)29-17(3)13-18/h4-5,8-14,19H,6-7H2,1-3H3/b30-23+. The summed E-state index contributed by atoms with van der Waals surface area (Å²) >= 11 is 0. The molecule has 2 aromatic carbocycles. The average Bonchev–Trinajstić information content (AvgIpc) is 3.59. The van der Waals surface area contributed by atoms with Crippen LogP contribution in [-0.4, -0.2) is 18.0 Å². The van der Waals surface area contributed by atoms with Crippen LogP contribution in [0.4, 0.5) is 8.78 Å². The predicted molar refractivity (Wildman–Crippen MR) is 127 cm³/mol. The van der Waals surface area contributed by atoms with Crippen molar-refractivity contribution in [3.05, 3.63) is 88.7 Å². The Kier molecular flexibility index (Phi) is 5.36. The first kappa shape index (κ1) is 22.4. The Hall–Kier alpha value is -3.39. The average molecular weight is 480 g/mol. The van der Waals surface area contributed by atoms with E-state index in [4.69, 9.17) is 0 Å². The SMILES string of the molecule is Cc1ccc(S(=O)(=O)/N=c2\ccn(C3CC3)c3c(F)c(-c4cc(C)nc(C)c4)c(F)cc23)cc1. The third-order valence-corrected chi connectivity index (χ3v) is 7.27. The molecule has 0 N–H and O–H groups in total. The molecule has 0 unspecified atom stereocenters. The van der Waals surface area contributed by atoms with Gasteiger partial charge in [-0.2, -0.15) is 12.8 Å². The van der Waals surface area contributed by atoms with E-state index in [0.717, 1.165) is 18.4 Å². The van der Waals surface area contributed by atoms with Crippen molar-refractivity contribution in [2.75, 3.05) is 0 Å². The van der Waals surface area contributed by atoms with Crippen molar-refractivity contribution in [1.82, 2.24) is 9.55 Å². The molecule has 1 aliphatic rings. The van der Waals surface area contributed by atoms with Crippen molar-refractivity contribution in [2.45, 2.75) is 44.6 Å². The first-order chi connectivity index (χ1) is 16.1. The van der Waals surface area contributed by atoms with Gasteiger partial charge in [-0.25, -0.2) is 8.78 Å². The van der Waals surface area contributed by atoms with Crippen LogP contribution in [0.3, 0.4) is 0 Å². The van der Waals surface area contributed by atoms with Gasteiger partial charge in [-0.15, -0.1) is 0 Å². The second-order valence-electron chi connectivity index (χ2n) is 8.80. The summed E-state index contributed by atoms with van der Waals surface area (Å²) in [5.74, 6) is -1.52. The Balaban J connectivity index is 1.80. The number of fused-ring (bicyclic) bond motifs is 1. The fourth-order valence-corrected chi connectivity index (χ4v) is 5.25. The fraction of sp³-hybridized carbons (Fsp3) is 0.231. The number of hydrogen-bond acceptors (Lipinski definition) is 3. The van der Waals surface area contributed by atoms with Gasteiger partial charge < -0.3 is 4.57 Å². The molecule has 5 nitrogen and oxygen atoms in total. The summed E-state index contributed by atoms with van der Waals surface area (Å²) in [6, 6.07) is 12.3. The van der Waals surface area contributed by atoms with Crippen molar-refractivity contribution in [3.63, 3.8) is 0 Å². The van der Waals surface area contributed by atoms with Crippen LogP contribution in [-0.2, 0) is 10.0 Å². The minimum atomic E-state index is -4.08. The molecule has 34 heavy (non-hydrogen) atoms. The number of nitrogens with zero attached hydrogens (tertiary/aromatic N) is 3. The normalized spacial score (nSPS) is 14.7. The Morgan fingerprint density at radius 2 is 1.62 bits per heavy atom. The molecule has 2 aromatic heterocycles. The number of rotatable bonds is 4. The van der Waals surface area contributed by atoms with Gasteiger partial charge in [0.15, 0.2) is 5.82 Å². The Labute approximate surface area is 196 Å². The maximum absolute atomic E-state index is 16.0. The molecule has 2 heterocycles. The monoisotopic (exact) mass is 479 g/mol. The Bertz CT molecular complexity index is 1600. The lowest BCUT2D eigenvalue weighted by Crippen LogP contribution is -2.14. The van der Waals surface area contributed by atoms with E-state index in [-0.39, 0.29) is 32.8 Å². The lowest BCUT2D eigenvalue weighted by atomic mass is 10.0. The number of benzene rings is 2. The van der Waals surface area contributed by atoms with E-state index in [1.807, 2.05) is 6.92 Å². The molecular formula is C26H23F2N3O2S. The Morgan fingerprint density at radius 3 is 2.24 bits per heavy atom. The largest absolute Gasteiger partial charge is 0.342 e. The van der Waals surface area contributed by atoms with Gasteiger partial charge in [-0.1, -0.05) is 17.7 Å². The van der Waals surface area contributed by atoms with E-state index in [9.17, 15) is 8.42 Å². The highest BCUT2D eigenvalue weighted by Crippen LogP contribution is 2.39. The zero-order chi connectivity index (χ0) is 24.2. The van der Waals surface area contributed by atoms with E-state index in [1.54, 1.807) is 48.9 Å². The third-order valence-electron chi connectivity index (χ3n) is 5.97. The van der Waals surface area contributed by atoms with E-state index < -0.39 is 21.7 Å². The predicted octanol–water partition coefficient (Wildman–Crippen LogP) is 5.53. The number of pyridine rings is 2. The lowest BCUT2D eigenvalue weighted by molar-refractivity contribution is 0.588. The van der Waals surface area contributed by atoms with Crippen LogP contribution in [0.5, 0.6) is 0 Å². The molecular weight excluding hydrogens is 456 g/mol. The molecule has 1 saturated carbocycles. The highest BCUT2D eigenvalue weighted by Gasteiger charge is 2.28. The quantitative estimate of drug-likeness (QED) is 0.387. The van der Waals surface area contributed by atoms with Gasteiger partial charge in [0.25, 0.3) is 10.0 Å². The van der Waals surface area contributed by atoms with Crippen LogP contribution in [0, 0.1) is 32.4 Å². The first-order valence-electron chi connectivity index (χ1n) is 11.0. The zero-order valence-corrected chi connectivity index (χ0v) is 19.8. The summed E-state index contributed by atoms with van der Waals surface area (Å²) < 4.78 is 63.1. The van der Waals surface area contributed by atoms with Crippen molar-refractivity contribution in [3.8, 4) is 11.1 Å². The third kappa shape index (κ3) is 4.03. The summed E-state index contributed by atoms with van der Waals surface area (Å²) in [7, 11) is -4.08. The maximum atomic E-state index is 16.0. The molecule has 8 heteroatoms. The molecule has 174 valence electrons. The highest BCUT2D eigenvalue weighted by atomic mass is 32.2. The van der Waals surface area contributed by atoms with Gasteiger partial charge in [-0.05, 0) is 75.6 Å². The van der Waals surface area contributed by atoms with E-state index in [1.165, 1.54) is 24.3 Å². The second-order valence-corrected chi connectivity index (χ2v) is 10.4. The minimum absolute atomic E-state index is 0.00101. The van der Waals surface area contributed by atoms with Crippen LogP contribution in [0.1, 0.15) is 35.8 Å². The van der Waals surface area contributed by atoms with Gasteiger partial charge >= 0.3 is 0 Å². The molecule has 0 aliphatic heterocycles. The summed E-state index contributed by atoms with van der Waals surface area (Å²) in [5, 5.41) is 0.116. The molecule has 0 amide bonds. The lowest BCUT2D eigenvalue weighted by Gasteiger charge is -2.15.